The molecular weight excluding hydrogens is 262 g/mol. The van der Waals surface area contributed by atoms with E-state index >= 15 is 0 Å². The highest BCUT2D eigenvalue weighted by molar-refractivity contribution is 5.90. The molecule has 0 spiro atoms. The Kier molecular flexibility index (Phi) is 5.76. The molecule has 1 aromatic heterocycles. The van der Waals surface area contributed by atoms with Gasteiger partial charge in [0.05, 0.1) is 20.8 Å². The molecule has 0 bridgehead atoms. The number of rotatable bonds is 6. The summed E-state index contributed by atoms with van der Waals surface area (Å²) >= 11 is 0. The van der Waals surface area contributed by atoms with Crippen LogP contribution < -0.4 is 5.32 Å². The third-order valence-corrected chi connectivity index (χ3v) is 2.99. The quantitative estimate of drug-likeness (QED) is 0.800. The summed E-state index contributed by atoms with van der Waals surface area (Å²) in [4.78, 5) is 23.1. The first kappa shape index (κ1) is 16.2. The van der Waals surface area contributed by atoms with Gasteiger partial charge in [-0.2, -0.15) is 0 Å². The first-order valence-electron chi connectivity index (χ1n) is 6.39. The third kappa shape index (κ3) is 3.84. The Morgan fingerprint density at radius 2 is 1.95 bits per heavy atom. The molecular formula is C14H21NO5. The highest BCUT2D eigenvalue weighted by Gasteiger charge is 2.23. The lowest BCUT2D eigenvalue weighted by atomic mass is 10.0. The van der Waals surface area contributed by atoms with E-state index in [0.29, 0.717) is 23.6 Å². The van der Waals surface area contributed by atoms with Gasteiger partial charge < -0.3 is 13.9 Å². The first-order valence-corrected chi connectivity index (χ1v) is 6.39. The number of methoxy groups -OCH3 is 2. The molecule has 0 fully saturated rings. The predicted octanol–water partition coefficient (Wildman–Crippen LogP) is 1.66. The van der Waals surface area contributed by atoms with Crippen LogP contribution in [0.4, 0.5) is 0 Å². The first-order chi connectivity index (χ1) is 9.40. The number of furan rings is 1. The zero-order valence-corrected chi connectivity index (χ0v) is 12.5. The Labute approximate surface area is 118 Å². The maximum atomic E-state index is 11.6. The number of carbonyl (C=O) groups excluding carboxylic acids is 2. The molecule has 0 aliphatic heterocycles. The summed E-state index contributed by atoms with van der Waals surface area (Å²) in [5.74, 6) is 0.381. The summed E-state index contributed by atoms with van der Waals surface area (Å²) < 4.78 is 14.9. The van der Waals surface area contributed by atoms with E-state index in [4.69, 9.17) is 9.15 Å². The molecule has 112 valence electrons. The van der Waals surface area contributed by atoms with E-state index in [1.807, 2.05) is 13.8 Å². The Balaban J connectivity index is 2.74. The zero-order valence-electron chi connectivity index (χ0n) is 12.5. The lowest BCUT2D eigenvalue weighted by Crippen LogP contribution is -2.41. The van der Waals surface area contributed by atoms with Gasteiger partial charge in [0.25, 0.3) is 0 Å². The molecule has 0 saturated heterocycles. The van der Waals surface area contributed by atoms with Gasteiger partial charge in [-0.3, -0.25) is 10.1 Å². The van der Waals surface area contributed by atoms with Crippen molar-refractivity contribution in [3.8, 4) is 0 Å². The average molecular weight is 283 g/mol. The normalized spacial score (nSPS) is 12.3. The van der Waals surface area contributed by atoms with Crippen molar-refractivity contribution in [2.24, 2.45) is 5.92 Å². The number of hydrogen-bond donors (Lipinski definition) is 1. The van der Waals surface area contributed by atoms with Crippen LogP contribution in [0.1, 0.15) is 35.7 Å². The van der Waals surface area contributed by atoms with Crippen LogP contribution in [0, 0.1) is 12.8 Å². The van der Waals surface area contributed by atoms with Crippen LogP contribution in [-0.4, -0.2) is 32.2 Å². The number of hydrogen-bond acceptors (Lipinski definition) is 6. The van der Waals surface area contributed by atoms with E-state index in [1.54, 1.807) is 13.0 Å². The number of aryl methyl sites for hydroxylation is 1. The van der Waals surface area contributed by atoms with E-state index in [9.17, 15) is 9.59 Å². The van der Waals surface area contributed by atoms with Crippen molar-refractivity contribution in [1.29, 1.82) is 0 Å². The minimum atomic E-state index is -0.439. The molecule has 0 radical (unpaired) electrons. The SMILES string of the molecule is COC(=O)c1cc(CNC(C(=O)OC)C(C)C)oc1C. The Morgan fingerprint density at radius 3 is 2.45 bits per heavy atom. The Morgan fingerprint density at radius 1 is 1.30 bits per heavy atom. The molecule has 0 aromatic carbocycles. The second kappa shape index (κ2) is 7.09. The lowest BCUT2D eigenvalue weighted by molar-refractivity contribution is -0.144. The van der Waals surface area contributed by atoms with Gasteiger partial charge in [0, 0.05) is 0 Å². The van der Waals surface area contributed by atoms with E-state index in [2.05, 4.69) is 10.1 Å². The molecule has 0 aliphatic carbocycles. The van der Waals surface area contributed by atoms with Gasteiger partial charge in [-0.1, -0.05) is 13.8 Å². The highest BCUT2D eigenvalue weighted by Crippen LogP contribution is 2.16. The fraction of sp³-hybridized carbons (Fsp3) is 0.571. The third-order valence-electron chi connectivity index (χ3n) is 2.99. The van der Waals surface area contributed by atoms with E-state index in [0.717, 1.165) is 0 Å². The summed E-state index contributed by atoms with van der Waals surface area (Å²) in [6.07, 6.45) is 0. The number of ether oxygens (including phenoxy) is 2. The average Bonchev–Trinajstić information content (AvgIpc) is 2.78. The summed E-state index contributed by atoms with van der Waals surface area (Å²) in [7, 11) is 2.67. The Hall–Kier alpha value is -1.82. The summed E-state index contributed by atoms with van der Waals surface area (Å²) in [6, 6.07) is 1.19. The smallest absolute Gasteiger partial charge is 0.341 e. The monoisotopic (exact) mass is 283 g/mol. The molecule has 0 amide bonds. The minimum absolute atomic E-state index is 0.0820. The molecule has 1 unspecified atom stereocenters. The zero-order chi connectivity index (χ0) is 15.3. The summed E-state index contributed by atoms with van der Waals surface area (Å²) in [5, 5.41) is 3.06. The predicted molar refractivity (Wildman–Crippen MR) is 72.3 cm³/mol. The molecule has 1 aromatic rings. The summed E-state index contributed by atoms with van der Waals surface area (Å²) in [5.41, 5.74) is 0.392. The largest absolute Gasteiger partial charge is 0.468 e. The second-order valence-corrected chi connectivity index (χ2v) is 4.80. The number of nitrogens with one attached hydrogen (secondary N) is 1. The van der Waals surface area contributed by atoms with Gasteiger partial charge in [0.1, 0.15) is 23.1 Å². The lowest BCUT2D eigenvalue weighted by Gasteiger charge is -2.19. The fourth-order valence-electron chi connectivity index (χ4n) is 1.87. The van der Waals surface area contributed by atoms with Crippen molar-refractivity contribution in [2.45, 2.75) is 33.4 Å². The van der Waals surface area contributed by atoms with Crippen molar-refractivity contribution in [3.63, 3.8) is 0 Å². The second-order valence-electron chi connectivity index (χ2n) is 4.80. The van der Waals surface area contributed by atoms with Crippen molar-refractivity contribution in [3.05, 3.63) is 23.2 Å². The number of carbonyl (C=O) groups is 2. The maximum Gasteiger partial charge on any atom is 0.341 e. The van der Waals surface area contributed by atoms with E-state index in [-0.39, 0.29) is 11.9 Å². The fourth-order valence-corrected chi connectivity index (χ4v) is 1.87. The van der Waals surface area contributed by atoms with Gasteiger partial charge in [-0.05, 0) is 18.9 Å². The molecule has 6 nitrogen and oxygen atoms in total. The van der Waals surface area contributed by atoms with Crippen molar-refractivity contribution < 1.29 is 23.5 Å². The van der Waals surface area contributed by atoms with Crippen LogP contribution >= 0.6 is 0 Å². The molecule has 1 N–H and O–H groups in total. The van der Waals surface area contributed by atoms with Gasteiger partial charge in [0.15, 0.2) is 0 Å². The molecule has 0 aliphatic rings. The summed E-state index contributed by atoms with van der Waals surface area (Å²) in [6.45, 7) is 5.86. The maximum absolute atomic E-state index is 11.6. The molecule has 1 atom stereocenters. The van der Waals surface area contributed by atoms with Crippen LogP contribution in [0.5, 0.6) is 0 Å². The molecule has 20 heavy (non-hydrogen) atoms. The van der Waals surface area contributed by atoms with Crippen LogP contribution in [0.2, 0.25) is 0 Å². The van der Waals surface area contributed by atoms with Crippen molar-refractivity contribution >= 4 is 11.9 Å². The van der Waals surface area contributed by atoms with Crippen LogP contribution in [-0.2, 0) is 20.8 Å². The molecule has 6 heteroatoms. The van der Waals surface area contributed by atoms with Gasteiger partial charge in [0.2, 0.25) is 0 Å². The van der Waals surface area contributed by atoms with Gasteiger partial charge in [-0.25, -0.2) is 4.79 Å². The standard InChI is InChI=1S/C14H21NO5/c1-8(2)12(14(17)19-5)15-7-10-6-11(9(3)20-10)13(16)18-4/h6,8,12,15H,7H2,1-5H3. The molecule has 1 rings (SSSR count). The van der Waals surface area contributed by atoms with E-state index < -0.39 is 12.0 Å². The van der Waals surface area contributed by atoms with Gasteiger partial charge >= 0.3 is 11.9 Å². The van der Waals surface area contributed by atoms with Crippen LogP contribution in [0.25, 0.3) is 0 Å². The molecule has 1 heterocycles. The molecule has 0 saturated carbocycles. The Bertz CT molecular complexity index is 478. The van der Waals surface area contributed by atoms with Crippen molar-refractivity contribution in [2.75, 3.05) is 14.2 Å². The number of esters is 2. The minimum Gasteiger partial charge on any atom is -0.468 e. The van der Waals surface area contributed by atoms with Crippen LogP contribution in [0.3, 0.4) is 0 Å². The van der Waals surface area contributed by atoms with Crippen molar-refractivity contribution in [1.82, 2.24) is 5.32 Å². The van der Waals surface area contributed by atoms with Crippen LogP contribution in [0.15, 0.2) is 10.5 Å². The highest BCUT2D eigenvalue weighted by atomic mass is 16.5. The van der Waals surface area contributed by atoms with E-state index in [1.165, 1.54) is 14.2 Å². The topological polar surface area (TPSA) is 77.8 Å². The van der Waals surface area contributed by atoms with Gasteiger partial charge in [-0.15, -0.1) is 0 Å².